The maximum atomic E-state index is 0. The quantitative estimate of drug-likeness (QED) is 0.301. The molecular formula is DyErGdHoNdPrTbTm. The second-order valence-electron chi connectivity index (χ2n) is 0. The average molecular weight is 1260 g/mol. The molecule has 0 aromatic carbocycles. The van der Waals surface area contributed by atoms with Crippen LogP contribution in [-0.4, -0.2) is 0 Å². The van der Waals surface area contributed by atoms with Gasteiger partial charge in [0, 0.05) is 311 Å². The molecule has 0 fully saturated rings. The normalized spacial score (nSPS) is 0. The van der Waals surface area contributed by atoms with Gasteiger partial charge in [0.15, 0.2) is 0 Å². The molecule has 70 valence electrons. The molecule has 0 aliphatic carbocycles. The molecular weight excluding hydrogens is 1260 g/mol. The SMILES string of the molecule is [Dy].[Er].[Gd].[Ho].[Nd].[Pr].[Tb].[Tm]. The van der Waals surface area contributed by atoms with Crippen LogP contribution in [0, 0.1) is 311 Å². The van der Waals surface area contributed by atoms with E-state index >= 15 is 0 Å². The van der Waals surface area contributed by atoms with E-state index < -0.39 is 0 Å². The molecule has 0 unspecified atom stereocenters. The van der Waals surface area contributed by atoms with E-state index in [4.69, 9.17) is 0 Å². The standard InChI is InChI=1S/Dy.Er.Gd.Ho.Nd.Pr.Tb.Tm. The smallest absolute Gasteiger partial charge is 0 e. The molecule has 0 amide bonds. The van der Waals surface area contributed by atoms with Gasteiger partial charge in [0.25, 0.3) is 0 Å². The van der Waals surface area contributed by atoms with Crippen molar-refractivity contribution < 1.29 is 311 Å². The molecule has 0 atom stereocenters. The minimum absolute atomic E-state index is 0. The predicted octanol–water partition coefficient (Wildman–Crippen LogP) is 0. The Bertz CT molecular complexity index is 24.0. The van der Waals surface area contributed by atoms with E-state index in [-0.39, 0.29) is 311 Å². The molecule has 0 rings (SSSR count). The summed E-state index contributed by atoms with van der Waals surface area (Å²) >= 11 is 0. The molecule has 0 aliphatic heterocycles. The van der Waals surface area contributed by atoms with E-state index in [1.165, 1.54) is 0 Å². The molecule has 0 nitrogen and oxygen atoms in total. The van der Waals surface area contributed by atoms with E-state index in [0.717, 1.165) is 0 Å². The zero-order valence-corrected chi connectivity index (χ0v) is 21.9. The van der Waals surface area contributed by atoms with Crippen LogP contribution in [0.2, 0.25) is 0 Å². The maximum Gasteiger partial charge on any atom is 0 e. The number of rotatable bonds is 0. The molecule has 0 saturated heterocycles. The molecule has 0 aromatic heterocycles. The molecule has 0 spiro atoms. The zero-order valence-electron chi connectivity index (χ0n) is 2.95. The summed E-state index contributed by atoms with van der Waals surface area (Å²) < 4.78 is 0. The molecule has 0 N–H and O–H groups in total. The number of hydrogen-bond donors (Lipinski definition) is 0. The summed E-state index contributed by atoms with van der Waals surface area (Å²) in [4.78, 5) is 0. The Morgan fingerprint density at radius 1 is 1.00 bits per heavy atom. The topological polar surface area (TPSA) is 0 Å². The molecule has 8 heteroatoms. The second-order valence-corrected chi connectivity index (χ2v) is 0. The third kappa shape index (κ3) is 36.0. The van der Waals surface area contributed by atoms with Crippen LogP contribution in [0.5, 0.6) is 0 Å². The Kier molecular flexibility index (Phi) is 279. The van der Waals surface area contributed by atoms with Crippen molar-refractivity contribution >= 4 is 0 Å². The molecule has 0 aliphatic rings. The minimum Gasteiger partial charge on any atom is 0 e. The zero-order chi connectivity index (χ0) is 0. The molecule has 0 bridgehead atoms. The first kappa shape index (κ1) is 51.6. The van der Waals surface area contributed by atoms with Gasteiger partial charge in [-0.1, -0.05) is 0 Å². The summed E-state index contributed by atoms with van der Waals surface area (Å²) in [6.45, 7) is 0. The summed E-state index contributed by atoms with van der Waals surface area (Å²) in [5.41, 5.74) is 0. The van der Waals surface area contributed by atoms with Crippen molar-refractivity contribution in [2.24, 2.45) is 0 Å². The molecule has 0 saturated carbocycles. The van der Waals surface area contributed by atoms with Gasteiger partial charge in [-0.2, -0.15) is 0 Å². The van der Waals surface area contributed by atoms with E-state index in [2.05, 4.69) is 0 Å². The van der Waals surface area contributed by atoms with Gasteiger partial charge in [0.2, 0.25) is 0 Å². The van der Waals surface area contributed by atoms with Crippen molar-refractivity contribution in [2.75, 3.05) is 0 Å². The van der Waals surface area contributed by atoms with Crippen molar-refractivity contribution in [3.63, 3.8) is 0 Å². The van der Waals surface area contributed by atoms with E-state index in [9.17, 15) is 0 Å². The van der Waals surface area contributed by atoms with Gasteiger partial charge < -0.3 is 0 Å². The molecule has 4 radical (unpaired) electrons. The first-order valence-electron chi connectivity index (χ1n) is 0. The summed E-state index contributed by atoms with van der Waals surface area (Å²) in [6.07, 6.45) is 0. The predicted molar refractivity (Wildman–Crippen MR) is 0 cm³/mol. The van der Waals surface area contributed by atoms with Crippen LogP contribution in [0.3, 0.4) is 0 Å². The molecule has 0 aromatic rings. The van der Waals surface area contributed by atoms with Gasteiger partial charge in [-0.25, -0.2) is 0 Å². The van der Waals surface area contributed by atoms with Gasteiger partial charge in [0.1, 0.15) is 0 Å². The summed E-state index contributed by atoms with van der Waals surface area (Å²) in [5, 5.41) is 0. The largest absolute Gasteiger partial charge is 0 e. The van der Waals surface area contributed by atoms with Crippen LogP contribution in [0.15, 0.2) is 0 Å². The van der Waals surface area contributed by atoms with E-state index in [1.807, 2.05) is 0 Å². The van der Waals surface area contributed by atoms with Crippen LogP contribution in [0.1, 0.15) is 0 Å². The summed E-state index contributed by atoms with van der Waals surface area (Å²) in [5.74, 6) is 0. The van der Waals surface area contributed by atoms with Gasteiger partial charge >= 0.3 is 0 Å². The van der Waals surface area contributed by atoms with Crippen LogP contribution in [0.4, 0.5) is 0 Å². The Morgan fingerprint density at radius 2 is 1.00 bits per heavy atom. The van der Waals surface area contributed by atoms with E-state index in [1.54, 1.807) is 0 Å². The van der Waals surface area contributed by atoms with Gasteiger partial charge in [0.05, 0.1) is 0 Å². The Morgan fingerprint density at radius 3 is 1.00 bits per heavy atom. The Labute approximate surface area is 299 Å². The van der Waals surface area contributed by atoms with Gasteiger partial charge in [-0.15, -0.1) is 0 Å². The van der Waals surface area contributed by atoms with Crippen LogP contribution in [0.25, 0.3) is 0 Å². The van der Waals surface area contributed by atoms with E-state index in [0.29, 0.717) is 0 Å². The van der Waals surface area contributed by atoms with Crippen molar-refractivity contribution in [2.45, 2.75) is 0 Å². The van der Waals surface area contributed by atoms with Crippen molar-refractivity contribution in [3.05, 3.63) is 0 Å². The average Bonchev–Trinajstić information content (AvgIpc) is 0. The Balaban J connectivity index is 0. The summed E-state index contributed by atoms with van der Waals surface area (Å²) in [6, 6.07) is 0. The van der Waals surface area contributed by atoms with Crippen molar-refractivity contribution in [1.29, 1.82) is 0 Å². The van der Waals surface area contributed by atoms with Crippen LogP contribution in [-0.2, 0) is 0 Å². The monoisotopic (exact) mass is 1260 g/mol. The van der Waals surface area contributed by atoms with Gasteiger partial charge in [-0.05, 0) is 0 Å². The maximum absolute atomic E-state index is 0. The molecule has 0 heterocycles. The third-order valence-electron chi connectivity index (χ3n) is 0. The fourth-order valence-electron chi connectivity index (χ4n) is 0. The molecule has 8 heavy (non-hydrogen) atoms. The van der Waals surface area contributed by atoms with Crippen LogP contribution >= 0.6 is 0 Å². The fourth-order valence-corrected chi connectivity index (χ4v) is 0. The second kappa shape index (κ2) is 43.3. The van der Waals surface area contributed by atoms with Crippen LogP contribution < -0.4 is 0 Å². The third-order valence-corrected chi connectivity index (χ3v) is 0. The Hall–Kier alpha value is 10.3. The minimum atomic E-state index is 0. The number of hydrogen-bond acceptors (Lipinski definition) is 0. The fraction of sp³-hybridized carbons (Fsp3) is 0. The van der Waals surface area contributed by atoms with Crippen molar-refractivity contribution in [3.8, 4) is 0 Å². The van der Waals surface area contributed by atoms with Crippen molar-refractivity contribution in [1.82, 2.24) is 0 Å². The summed E-state index contributed by atoms with van der Waals surface area (Å²) in [7, 11) is 0. The first-order valence-corrected chi connectivity index (χ1v) is 0. The van der Waals surface area contributed by atoms with Gasteiger partial charge in [-0.3, -0.25) is 0 Å². The first-order chi connectivity index (χ1) is 0.